The molecule has 2 N–H and O–H groups in total. The molecule has 0 aromatic carbocycles. The van der Waals surface area contributed by atoms with E-state index in [1.165, 1.54) is 4.31 Å². The first-order valence-corrected chi connectivity index (χ1v) is 8.89. The zero-order valence-electron chi connectivity index (χ0n) is 13.4. The van der Waals surface area contributed by atoms with E-state index >= 15 is 0 Å². The van der Waals surface area contributed by atoms with Crippen molar-refractivity contribution in [3.8, 4) is 0 Å². The molecule has 0 fully saturated rings. The van der Waals surface area contributed by atoms with Crippen LogP contribution < -0.4 is 10.6 Å². The quantitative estimate of drug-likeness (QED) is 0.410. The third kappa shape index (κ3) is 6.40. The second-order valence-corrected chi connectivity index (χ2v) is 7.11. The van der Waals surface area contributed by atoms with E-state index in [1.807, 2.05) is 18.2 Å². The molecule has 0 amide bonds. The van der Waals surface area contributed by atoms with Gasteiger partial charge in [-0.05, 0) is 25.5 Å². The van der Waals surface area contributed by atoms with Crippen LogP contribution in [0.1, 0.15) is 19.0 Å². The van der Waals surface area contributed by atoms with E-state index in [-0.39, 0.29) is 5.75 Å². The number of aromatic nitrogens is 1. The van der Waals surface area contributed by atoms with Crippen LogP contribution in [-0.2, 0) is 16.6 Å². The Balaban J connectivity index is 2.28. The van der Waals surface area contributed by atoms with Gasteiger partial charge in [0.1, 0.15) is 0 Å². The first kappa shape index (κ1) is 18.4. The van der Waals surface area contributed by atoms with Gasteiger partial charge in [0.2, 0.25) is 10.0 Å². The van der Waals surface area contributed by atoms with Gasteiger partial charge in [0.15, 0.2) is 5.96 Å². The topological polar surface area (TPSA) is 86.7 Å². The fraction of sp³-hybridized carbons (Fsp3) is 0.571. The number of rotatable bonds is 8. The molecule has 0 aliphatic rings. The number of hydrogen-bond acceptors (Lipinski definition) is 4. The zero-order chi connectivity index (χ0) is 16.4. The molecular weight excluding hydrogens is 302 g/mol. The minimum Gasteiger partial charge on any atom is -0.356 e. The minimum absolute atomic E-state index is 0.129. The summed E-state index contributed by atoms with van der Waals surface area (Å²) in [5.74, 6) is 0.802. The van der Waals surface area contributed by atoms with E-state index in [2.05, 4.69) is 20.6 Å². The molecular formula is C14H25N5O2S. The Kier molecular flexibility index (Phi) is 7.83. The molecule has 8 heteroatoms. The molecule has 0 saturated carbocycles. The molecule has 0 aliphatic heterocycles. The molecule has 0 radical (unpaired) electrons. The molecule has 0 saturated heterocycles. The van der Waals surface area contributed by atoms with E-state index in [0.717, 1.165) is 5.69 Å². The zero-order valence-corrected chi connectivity index (χ0v) is 14.2. The second-order valence-electron chi connectivity index (χ2n) is 4.75. The Morgan fingerprint density at radius 3 is 2.73 bits per heavy atom. The number of hydrogen-bond donors (Lipinski definition) is 2. The maximum atomic E-state index is 11.6. The summed E-state index contributed by atoms with van der Waals surface area (Å²) in [5.41, 5.74) is 0.930. The summed E-state index contributed by atoms with van der Waals surface area (Å²) in [4.78, 5) is 8.34. The molecule has 7 nitrogen and oxygen atoms in total. The molecule has 1 aromatic heterocycles. The van der Waals surface area contributed by atoms with Gasteiger partial charge in [-0.15, -0.1) is 0 Å². The van der Waals surface area contributed by atoms with Crippen molar-refractivity contribution >= 4 is 16.0 Å². The highest BCUT2D eigenvalue weighted by atomic mass is 32.2. The third-order valence-electron chi connectivity index (χ3n) is 3.17. The van der Waals surface area contributed by atoms with Crippen LogP contribution >= 0.6 is 0 Å². The van der Waals surface area contributed by atoms with Crippen molar-refractivity contribution in [3.05, 3.63) is 30.1 Å². The van der Waals surface area contributed by atoms with Crippen LogP contribution in [0.2, 0.25) is 0 Å². The summed E-state index contributed by atoms with van der Waals surface area (Å²) in [6, 6.07) is 5.74. The van der Waals surface area contributed by atoms with Crippen LogP contribution in [0.5, 0.6) is 0 Å². The van der Waals surface area contributed by atoms with Gasteiger partial charge in [0, 0.05) is 33.4 Å². The molecule has 0 atom stereocenters. The van der Waals surface area contributed by atoms with Crippen molar-refractivity contribution in [3.63, 3.8) is 0 Å². The number of sulfonamides is 1. The second kappa shape index (κ2) is 9.37. The summed E-state index contributed by atoms with van der Waals surface area (Å²) < 4.78 is 24.6. The third-order valence-corrected chi connectivity index (χ3v) is 5.03. The number of nitrogens with zero attached hydrogens (tertiary/aromatic N) is 3. The van der Waals surface area contributed by atoms with Crippen LogP contribution in [0.15, 0.2) is 29.4 Å². The molecule has 124 valence electrons. The fourth-order valence-electron chi connectivity index (χ4n) is 1.77. The highest BCUT2D eigenvalue weighted by Crippen LogP contribution is 1.98. The predicted octanol–water partition coefficient (Wildman–Crippen LogP) is 0.418. The van der Waals surface area contributed by atoms with Crippen molar-refractivity contribution in [2.45, 2.75) is 19.9 Å². The fourth-order valence-corrected chi connectivity index (χ4v) is 2.61. The summed E-state index contributed by atoms with van der Waals surface area (Å²) in [6.45, 7) is 3.37. The van der Waals surface area contributed by atoms with Crippen molar-refractivity contribution in [2.75, 3.05) is 32.9 Å². The molecule has 0 unspecified atom stereocenters. The molecule has 1 rings (SSSR count). The van der Waals surface area contributed by atoms with Crippen molar-refractivity contribution < 1.29 is 8.42 Å². The van der Waals surface area contributed by atoms with Crippen LogP contribution in [0.25, 0.3) is 0 Å². The summed E-state index contributed by atoms with van der Waals surface area (Å²) in [5, 5.41) is 6.31. The summed E-state index contributed by atoms with van der Waals surface area (Å²) in [7, 11) is 0.201. The number of nitrogens with one attached hydrogen (secondary N) is 2. The molecule has 1 aromatic rings. The van der Waals surface area contributed by atoms with Crippen LogP contribution in [0.3, 0.4) is 0 Å². The number of pyridine rings is 1. The lowest BCUT2D eigenvalue weighted by Gasteiger charge is -2.16. The monoisotopic (exact) mass is 327 g/mol. The van der Waals surface area contributed by atoms with Gasteiger partial charge < -0.3 is 10.6 Å². The predicted molar refractivity (Wildman–Crippen MR) is 89.1 cm³/mol. The maximum Gasteiger partial charge on any atom is 0.213 e. The van der Waals surface area contributed by atoms with E-state index < -0.39 is 10.0 Å². The molecule has 1 heterocycles. The Bertz CT molecular complexity index is 560. The van der Waals surface area contributed by atoms with Crippen molar-refractivity contribution in [1.82, 2.24) is 19.9 Å². The van der Waals surface area contributed by atoms with Gasteiger partial charge >= 0.3 is 0 Å². The van der Waals surface area contributed by atoms with E-state index in [9.17, 15) is 8.42 Å². The van der Waals surface area contributed by atoms with Gasteiger partial charge in [-0.25, -0.2) is 12.7 Å². The lowest BCUT2D eigenvalue weighted by atomic mass is 10.3. The summed E-state index contributed by atoms with van der Waals surface area (Å²) in [6.07, 6.45) is 2.46. The van der Waals surface area contributed by atoms with Gasteiger partial charge in [-0.2, -0.15) is 0 Å². The average Bonchev–Trinajstić information content (AvgIpc) is 2.54. The SMILES string of the molecule is CCS(=O)(=O)N(C)CCCNC(=NC)NCc1ccccn1. The average molecular weight is 327 g/mol. The molecule has 0 aliphatic carbocycles. The van der Waals surface area contributed by atoms with Crippen LogP contribution in [0.4, 0.5) is 0 Å². The lowest BCUT2D eigenvalue weighted by molar-refractivity contribution is 0.461. The standard InChI is InChI=1S/C14H25N5O2S/c1-4-22(20,21)19(3)11-7-10-17-14(15-2)18-12-13-8-5-6-9-16-13/h5-6,8-9H,4,7,10-12H2,1-3H3,(H2,15,17,18). The van der Waals surface area contributed by atoms with E-state index in [1.54, 1.807) is 27.2 Å². The summed E-state index contributed by atoms with van der Waals surface area (Å²) >= 11 is 0. The van der Waals surface area contributed by atoms with Crippen molar-refractivity contribution in [2.24, 2.45) is 4.99 Å². The van der Waals surface area contributed by atoms with Gasteiger partial charge in [0.05, 0.1) is 18.0 Å². The Hall–Kier alpha value is -1.67. The number of guanidine groups is 1. The Labute approximate surface area is 132 Å². The Morgan fingerprint density at radius 1 is 1.36 bits per heavy atom. The van der Waals surface area contributed by atoms with Crippen molar-refractivity contribution in [1.29, 1.82) is 0 Å². The normalized spacial score (nSPS) is 12.5. The molecule has 0 spiro atoms. The van der Waals surface area contributed by atoms with Gasteiger partial charge in [-0.1, -0.05) is 6.07 Å². The van der Waals surface area contributed by atoms with Gasteiger partial charge in [0.25, 0.3) is 0 Å². The maximum absolute atomic E-state index is 11.6. The first-order chi connectivity index (χ1) is 10.5. The van der Waals surface area contributed by atoms with Crippen LogP contribution in [0, 0.1) is 0 Å². The smallest absolute Gasteiger partial charge is 0.213 e. The van der Waals surface area contributed by atoms with E-state index in [4.69, 9.17) is 0 Å². The molecule has 0 bridgehead atoms. The largest absolute Gasteiger partial charge is 0.356 e. The first-order valence-electron chi connectivity index (χ1n) is 7.28. The van der Waals surface area contributed by atoms with E-state index in [0.29, 0.717) is 32.0 Å². The molecule has 22 heavy (non-hydrogen) atoms. The van der Waals surface area contributed by atoms with Gasteiger partial charge in [-0.3, -0.25) is 9.98 Å². The number of aliphatic imine (C=N–C) groups is 1. The highest BCUT2D eigenvalue weighted by molar-refractivity contribution is 7.89. The minimum atomic E-state index is -3.10. The lowest BCUT2D eigenvalue weighted by Crippen LogP contribution is -2.38. The van der Waals surface area contributed by atoms with Crippen LogP contribution in [-0.4, -0.2) is 56.6 Å². The Morgan fingerprint density at radius 2 is 2.14 bits per heavy atom. The highest BCUT2D eigenvalue weighted by Gasteiger charge is 2.13.